The Hall–Kier alpha value is -4.42. The van der Waals surface area contributed by atoms with Gasteiger partial charge in [0.1, 0.15) is 18.4 Å². The van der Waals surface area contributed by atoms with Gasteiger partial charge in [-0.1, -0.05) is 58.4 Å². The van der Waals surface area contributed by atoms with E-state index in [1.807, 2.05) is 75.4 Å². The third-order valence-corrected chi connectivity index (χ3v) is 9.67. The van der Waals surface area contributed by atoms with Crippen molar-refractivity contribution in [1.29, 1.82) is 0 Å². The minimum absolute atomic E-state index is 0.00877. The molecule has 0 aromatic heterocycles. The van der Waals surface area contributed by atoms with E-state index in [1.165, 1.54) is 49.5 Å². The number of anilines is 1. The van der Waals surface area contributed by atoms with Crippen LogP contribution in [0.15, 0.2) is 106 Å². The number of nitrogens with one attached hydrogen (secondary N) is 1. The zero-order valence-electron chi connectivity index (χ0n) is 27.4. The third-order valence-electron chi connectivity index (χ3n) is 7.37. The van der Waals surface area contributed by atoms with Crippen LogP contribution in [0.3, 0.4) is 0 Å². The SMILES string of the molecule is COc1ccc(S(=O)(=O)N(CC(=O)N(Cc2ccc(Br)cc2)C(Cc2ccccc2)C(=O)NC(C)(C)C)c2ccc(F)cc2)cc1OC. The lowest BCUT2D eigenvalue weighted by molar-refractivity contribution is -0.140. The first kappa shape index (κ1) is 36.4. The monoisotopic (exact) mass is 739 g/mol. The number of rotatable bonds is 13. The quantitative estimate of drug-likeness (QED) is 0.171. The minimum Gasteiger partial charge on any atom is -0.493 e. The summed E-state index contributed by atoms with van der Waals surface area (Å²) in [6.45, 7) is 4.85. The van der Waals surface area contributed by atoms with Crippen LogP contribution in [0.25, 0.3) is 0 Å². The van der Waals surface area contributed by atoms with Crippen molar-refractivity contribution in [2.75, 3.05) is 25.1 Å². The van der Waals surface area contributed by atoms with Crippen LogP contribution < -0.4 is 19.1 Å². The molecule has 4 rings (SSSR count). The molecule has 0 radical (unpaired) electrons. The molecule has 12 heteroatoms. The van der Waals surface area contributed by atoms with E-state index >= 15 is 0 Å². The molecule has 4 aromatic carbocycles. The average Bonchev–Trinajstić information content (AvgIpc) is 3.05. The molecule has 0 spiro atoms. The standard InChI is InChI=1S/C36H39BrFN3O6S/c1-36(2,3)39-35(43)31(21-25-9-7-6-8-10-25)40(23-26-11-13-27(37)14-12-26)34(42)24-41(29-17-15-28(38)16-18-29)48(44,45)30-19-20-32(46-4)33(22-30)47-5/h6-20,22,31H,21,23-24H2,1-5H3,(H,39,43). The summed E-state index contributed by atoms with van der Waals surface area (Å²) in [5, 5.41) is 3.00. The fourth-order valence-corrected chi connectivity index (χ4v) is 6.73. The van der Waals surface area contributed by atoms with Gasteiger partial charge in [-0.05, 0) is 80.4 Å². The second-order valence-electron chi connectivity index (χ2n) is 12.1. The summed E-state index contributed by atoms with van der Waals surface area (Å²) in [4.78, 5) is 29.8. The number of sulfonamides is 1. The highest BCUT2D eigenvalue weighted by Crippen LogP contribution is 2.32. The van der Waals surface area contributed by atoms with Gasteiger partial charge in [-0.2, -0.15) is 0 Å². The van der Waals surface area contributed by atoms with E-state index in [9.17, 15) is 22.4 Å². The van der Waals surface area contributed by atoms with Crippen molar-refractivity contribution in [1.82, 2.24) is 10.2 Å². The predicted octanol–water partition coefficient (Wildman–Crippen LogP) is 6.36. The van der Waals surface area contributed by atoms with Gasteiger partial charge >= 0.3 is 0 Å². The third kappa shape index (κ3) is 9.35. The van der Waals surface area contributed by atoms with Crippen LogP contribution in [-0.4, -0.2) is 57.5 Å². The van der Waals surface area contributed by atoms with E-state index in [1.54, 1.807) is 0 Å². The summed E-state index contributed by atoms with van der Waals surface area (Å²) in [5.41, 5.74) is 0.981. The summed E-state index contributed by atoms with van der Waals surface area (Å²) >= 11 is 3.44. The zero-order chi connectivity index (χ0) is 35.1. The van der Waals surface area contributed by atoms with Gasteiger partial charge in [0.05, 0.1) is 24.8 Å². The van der Waals surface area contributed by atoms with E-state index in [4.69, 9.17) is 9.47 Å². The Morgan fingerprint density at radius 2 is 1.48 bits per heavy atom. The van der Waals surface area contributed by atoms with Gasteiger partial charge in [-0.25, -0.2) is 12.8 Å². The molecule has 1 atom stereocenters. The number of nitrogens with zero attached hydrogens (tertiary/aromatic N) is 2. The van der Waals surface area contributed by atoms with Crippen molar-refractivity contribution in [3.8, 4) is 11.5 Å². The molecule has 48 heavy (non-hydrogen) atoms. The Balaban J connectivity index is 1.83. The maximum atomic E-state index is 14.6. The van der Waals surface area contributed by atoms with Crippen molar-refractivity contribution in [2.24, 2.45) is 0 Å². The molecule has 2 amide bonds. The first-order chi connectivity index (χ1) is 22.7. The van der Waals surface area contributed by atoms with Crippen LogP contribution in [0.1, 0.15) is 31.9 Å². The number of ether oxygens (including phenoxy) is 2. The van der Waals surface area contributed by atoms with Crippen LogP contribution in [0.5, 0.6) is 11.5 Å². The van der Waals surface area contributed by atoms with Crippen LogP contribution in [0.4, 0.5) is 10.1 Å². The molecule has 254 valence electrons. The second kappa shape index (κ2) is 15.7. The first-order valence-corrected chi connectivity index (χ1v) is 17.4. The number of carbonyl (C=O) groups excluding carboxylic acids is 2. The smallest absolute Gasteiger partial charge is 0.264 e. The van der Waals surface area contributed by atoms with Gasteiger partial charge in [0.2, 0.25) is 11.8 Å². The molecule has 0 aliphatic heterocycles. The molecule has 0 saturated carbocycles. The number of hydrogen-bond donors (Lipinski definition) is 1. The van der Waals surface area contributed by atoms with Gasteiger partial charge in [-0.3, -0.25) is 13.9 Å². The number of benzene rings is 4. The molecule has 0 saturated heterocycles. The van der Waals surface area contributed by atoms with Crippen molar-refractivity contribution in [3.63, 3.8) is 0 Å². The minimum atomic E-state index is -4.44. The molecule has 1 N–H and O–H groups in total. The van der Waals surface area contributed by atoms with Gasteiger partial charge in [0, 0.05) is 29.0 Å². The van der Waals surface area contributed by atoms with E-state index in [0.717, 1.165) is 32.0 Å². The lowest BCUT2D eigenvalue weighted by Crippen LogP contribution is -2.56. The average molecular weight is 741 g/mol. The Kier molecular flexibility index (Phi) is 11.9. The topological polar surface area (TPSA) is 105 Å². The fourth-order valence-electron chi connectivity index (χ4n) is 5.03. The summed E-state index contributed by atoms with van der Waals surface area (Å²) in [6.07, 6.45) is 0.171. The fraction of sp³-hybridized carbons (Fsp3) is 0.278. The molecule has 0 bridgehead atoms. The highest BCUT2D eigenvalue weighted by molar-refractivity contribution is 9.10. The lowest BCUT2D eigenvalue weighted by Gasteiger charge is -2.35. The van der Waals surface area contributed by atoms with Gasteiger partial charge in [0.25, 0.3) is 10.0 Å². The van der Waals surface area contributed by atoms with Crippen LogP contribution in [-0.2, 0) is 32.6 Å². The van der Waals surface area contributed by atoms with Crippen molar-refractivity contribution < 1.29 is 31.9 Å². The normalized spacial score (nSPS) is 12.1. The number of halogens is 2. The van der Waals surface area contributed by atoms with Crippen molar-refractivity contribution in [3.05, 3.63) is 118 Å². The largest absolute Gasteiger partial charge is 0.493 e. The number of methoxy groups -OCH3 is 2. The summed E-state index contributed by atoms with van der Waals surface area (Å²) in [5.74, 6) is -1.13. The van der Waals surface area contributed by atoms with E-state index in [0.29, 0.717) is 5.75 Å². The Bertz CT molecular complexity index is 1820. The molecule has 0 aliphatic carbocycles. The van der Waals surface area contributed by atoms with Crippen molar-refractivity contribution in [2.45, 2.75) is 50.2 Å². The van der Waals surface area contributed by atoms with E-state index < -0.39 is 45.8 Å². The molecular formula is C36H39BrFN3O6S. The maximum absolute atomic E-state index is 14.6. The Morgan fingerprint density at radius 3 is 2.06 bits per heavy atom. The Morgan fingerprint density at radius 1 is 0.854 bits per heavy atom. The Labute approximate surface area is 289 Å². The van der Waals surface area contributed by atoms with Crippen LogP contribution in [0, 0.1) is 5.82 Å². The molecule has 0 heterocycles. The van der Waals surface area contributed by atoms with Gasteiger partial charge in [-0.15, -0.1) is 0 Å². The molecular weight excluding hydrogens is 701 g/mol. The number of hydrogen-bond acceptors (Lipinski definition) is 6. The number of carbonyl (C=O) groups is 2. The van der Waals surface area contributed by atoms with Crippen molar-refractivity contribution >= 4 is 43.5 Å². The van der Waals surface area contributed by atoms with Crippen LogP contribution >= 0.6 is 15.9 Å². The molecule has 1 unspecified atom stereocenters. The van der Waals surface area contributed by atoms with Crippen LogP contribution in [0.2, 0.25) is 0 Å². The zero-order valence-corrected chi connectivity index (χ0v) is 29.8. The summed E-state index contributed by atoms with van der Waals surface area (Å²) in [7, 11) is -1.64. The summed E-state index contributed by atoms with van der Waals surface area (Å²) in [6, 6.07) is 24.5. The van der Waals surface area contributed by atoms with Gasteiger partial charge < -0.3 is 19.7 Å². The van der Waals surface area contributed by atoms with E-state index in [2.05, 4.69) is 21.2 Å². The highest BCUT2D eigenvalue weighted by Gasteiger charge is 2.36. The lowest BCUT2D eigenvalue weighted by atomic mass is 10.0. The maximum Gasteiger partial charge on any atom is 0.264 e. The molecule has 0 fully saturated rings. The molecule has 4 aromatic rings. The highest BCUT2D eigenvalue weighted by atomic mass is 79.9. The first-order valence-electron chi connectivity index (χ1n) is 15.1. The molecule has 0 aliphatic rings. The number of amides is 2. The van der Waals surface area contributed by atoms with Gasteiger partial charge in [0.15, 0.2) is 11.5 Å². The predicted molar refractivity (Wildman–Crippen MR) is 187 cm³/mol. The van der Waals surface area contributed by atoms with E-state index in [-0.39, 0.29) is 29.3 Å². The molecule has 9 nitrogen and oxygen atoms in total. The summed E-state index contributed by atoms with van der Waals surface area (Å²) < 4.78 is 55.0. The second-order valence-corrected chi connectivity index (χ2v) is 14.9.